The molecule has 0 unspecified atom stereocenters. The van der Waals surface area contributed by atoms with E-state index < -0.39 is 0 Å². The maximum Gasteiger partial charge on any atom is 0.338 e. The van der Waals surface area contributed by atoms with Crippen LogP contribution in [0.25, 0.3) is 0 Å². The lowest BCUT2D eigenvalue weighted by Gasteiger charge is -2.02. The van der Waals surface area contributed by atoms with Gasteiger partial charge in [0, 0.05) is 6.42 Å². The van der Waals surface area contributed by atoms with Crippen molar-refractivity contribution in [1.29, 1.82) is 0 Å². The minimum absolute atomic E-state index is 0.207. The van der Waals surface area contributed by atoms with Crippen LogP contribution in [0.3, 0.4) is 0 Å². The van der Waals surface area contributed by atoms with E-state index in [4.69, 9.17) is 9.47 Å². The summed E-state index contributed by atoms with van der Waals surface area (Å²) >= 11 is 0. The Bertz CT molecular complexity index is 562. The molecule has 2 aromatic carbocycles. The van der Waals surface area contributed by atoms with Crippen molar-refractivity contribution in [1.82, 2.24) is 0 Å². The van der Waals surface area contributed by atoms with Gasteiger partial charge in [0.2, 0.25) is 0 Å². The van der Waals surface area contributed by atoms with E-state index in [0.717, 1.165) is 6.42 Å². The average Bonchev–Trinajstić information content (AvgIpc) is 2.55. The molecule has 0 aliphatic rings. The van der Waals surface area contributed by atoms with Crippen molar-refractivity contribution in [3.63, 3.8) is 0 Å². The molecule has 108 valence electrons. The minimum Gasteiger partial charge on any atom is -0.501 e. The molecule has 0 heterocycles. The second-order valence-corrected chi connectivity index (χ2v) is 4.44. The Morgan fingerprint density at radius 2 is 1.62 bits per heavy atom. The van der Waals surface area contributed by atoms with Gasteiger partial charge in [-0.1, -0.05) is 48.5 Å². The van der Waals surface area contributed by atoms with Gasteiger partial charge in [0.25, 0.3) is 0 Å². The van der Waals surface area contributed by atoms with Crippen molar-refractivity contribution in [3.8, 4) is 0 Å². The van der Waals surface area contributed by atoms with E-state index >= 15 is 0 Å². The first-order chi connectivity index (χ1) is 10.4. The third-order valence-corrected chi connectivity index (χ3v) is 2.86. The Morgan fingerprint density at radius 3 is 2.33 bits per heavy atom. The molecule has 0 saturated heterocycles. The molecule has 0 N–H and O–H groups in total. The second-order valence-electron chi connectivity index (χ2n) is 4.44. The largest absolute Gasteiger partial charge is 0.501 e. The molecule has 0 aliphatic carbocycles. The molecule has 0 atom stereocenters. The topological polar surface area (TPSA) is 35.5 Å². The number of carbonyl (C=O) groups excluding carboxylic acids is 1. The maximum atomic E-state index is 11.6. The van der Waals surface area contributed by atoms with Crippen LogP contribution in [0.15, 0.2) is 73.0 Å². The highest BCUT2D eigenvalue weighted by molar-refractivity contribution is 5.89. The number of hydrogen-bond acceptors (Lipinski definition) is 3. The fraction of sp³-hybridized carbons (Fsp3) is 0.167. The molecule has 0 aliphatic heterocycles. The van der Waals surface area contributed by atoms with Crippen molar-refractivity contribution in [3.05, 3.63) is 84.1 Å². The number of ether oxygens (including phenoxy) is 2. The van der Waals surface area contributed by atoms with E-state index in [-0.39, 0.29) is 12.6 Å². The van der Waals surface area contributed by atoms with E-state index in [0.29, 0.717) is 12.2 Å². The van der Waals surface area contributed by atoms with E-state index in [1.807, 2.05) is 24.3 Å². The molecule has 2 aromatic rings. The van der Waals surface area contributed by atoms with Crippen LogP contribution >= 0.6 is 0 Å². The summed E-state index contributed by atoms with van der Waals surface area (Å²) in [7, 11) is 0. The number of carbonyl (C=O) groups is 1. The third-order valence-electron chi connectivity index (χ3n) is 2.86. The van der Waals surface area contributed by atoms with Crippen LogP contribution in [0.5, 0.6) is 0 Å². The van der Waals surface area contributed by atoms with Gasteiger partial charge in [-0.25, -0.2) is 4.79 Å². The zero-order chi connectivity index (χ0) is 14.8. The molecule has 0 aromatic heterocycles. The van der Waals surface area contributed by atoms with Crippen LogP contribution in [0.4, 0.5) is 0 Å². The van der Waals surface area contributed by atoms with Gasteiger partial charge in [0.05, 0.1) is 18.4 Å². The second kappa shape index (κ2) is 8.59. The van der Waals surface area contributed by atoms with Gasteiger partial charge in [0.1, 0.15) is 6.61 Å². The Kier molecular flexibility index (Phi) is 6.07. The Labute approximate surface area is 124 Å². The first kappa shape index (κ1) is 14.9. The van der Waals surface area contributed by atoms with Gasteiger partial charge in [-0.05, 0) is 23.8 Å². The zero-order valence-corrected chi connectivity index (χ0v) is 11.8. The minimum atomic E-state index is -0.329. The summed E-state index contributed by atoms with van der Waals surface area (Å²) in [4.78, 5) is 11.6. The molecular formula is C18H18O3. The lowest BCUT2D eigenvalue weighted by Crippen LogP contribution is -2.04. The lowest BCUT2D eigenvalue weighted by molar-refractivity contribution is 0.0547. The maximum absolute atomic E-state index is 11.6. The average molecular weight is 282 g/mol. The first-order valence-corrected chi connectivity index (χ1v) is 6.89. The highest BCUT2D eigenvalue weighted by Crippen LogP contribution is 2.01. The molecule has 0 radical (unpaired) electrons. The SMILES string of the molecule is O=C(OC/C=C/OCCc1ccccc1)c1ccccc1. The van der Waals surface area contributed by atoms with Crippen LogP contribution in [0.2, 0.25) is 0 Å². The molecule has 21 heavy (non-hydrogen) atoms. The van der Waals surface area contributed by atoms with E-state index in [1.165, 1.54) is 5.56 Å². The smallest absolute Gasteiger partial charge is 0.338 e. The van der Waals surface area contributed by atoms with Gasteiger partial charge >= 0.3 is 5.97 Å². The van der Waals surface area contributed by atoms with Crippen LogP contribution in [0.1, 0.15) is 15.9 Å². The van der Waals surface area contributed by atoms with Crippen molar-refractivity contribution in [2.24, 2.45) is 0 Å². The van der Waals surface area contributed by atoms with Crippen LogP contribution < -0.4 is 0 Å². The normalized spacial score (nSPS) is 10.5. The van der Waals surface area contributed by atoms with E-state index in [9.17, 15) is 4.79 Å². The molecule has 0 bridgehead atoms. The molecular weight excluding hydrogens is 264 g/mol. The Morgan fingerprint density at radius 1 is 0.952 bits per heavy atom. The number of benzene rings is 2. The van der Waals surface area contributed by atoms with E-state index in [2.05, 4.69) is 12.1 Å². The van der Waals surface area contributed by atoms with Gasteiger partial charge in [-0.15, -0.1) is 0 Å². The van der Waals surface area contributed by atoms with Crippen molar-refractivity contribution >= 4 is 5.97 Å². The van der Waals surface area contributed by atoms with Gasteiger partial charge in [-0.3, -0.25) is 0 Å². The van der Waals surface area contributed by atoms with Crippen LogP contribution in [0, 0.1) is 0 Å². The number of esters is 1. The quantitative estimate of drug-likeness (QED) is 0.442. The summed E-state index contributed by atoms with van der Waals surface area (Å²) in [5, 5.41) is 0. The summed E-state index contributed by atoms with van der Waals surface area (Å²) in [5.41, 5.74) is 1.79. The molecule has 0 amide bonds. The highest BCUT2D eigenvalue weighted by Gasteiger charge is 2.03. The first-order valence-electron chi connectivity index (χ1n) is 6.89. The molecule has 0 saturated carbocycles. The van der Waals surface area contributed by atoms with Crippen molar-refractivity contribution < 1.29 is 14.3 Å². The van der Waals surface area contributed by atoms with E-state index in [1.54, 1.807) is 36.6 Å². The molecule has 0 spiro atoms. The third kappa shape index (κ3) is 5.53. The molecule has 3 nitrogen and oxygen atoms in total. The lowest BCUT2D eigenvalue weighted by atomic mass is 10.2. The number of rotatable bonds is 7. The molecule has 2 rings (SSSR count). The van der Waals surface area contributed by atoms with Crippen molar-refractivity contribution in [2.75, 3.05) is 13.2 Å². The predicted octanol–water partition coefficient (Wildman–Crippen LogP) is 3.62. The van der Waals surface area contributed by atoms with Crippen LogP contribution in [-0.2, 0) is 15.9 Å². The van der Waals surface area contributed by atoms with Crippen molar-refractivity contribution in [2.45, 2.75) is 6.42 Å². The summed E-state index contributed by atoms with van der Waals surface area (Å²) in [6.07, 6.45) is 4.11. The summed E-state index contributed by atoms with van der Waals surface area (Å²) in [5.74, 6) is -0.329. The molecule has 0 fully saturated rings. The molecule has 3 heteroatoms. The van der Waals surface area contributed by atoms with Crippen LogP contribution in [-0.4, -0.2) is 19.2 Å². The standard InChI is InChI=1S/C18H18O3/c19-18(17-10-5-2-6-11-17)21-14-7-13-20-15-12-16-8-3-1-4-9-16/h1-11,13H,12,14-15H2/b13-7+. The number of hydrogen-bond donors (Lipinski definition) is 0. The predicted molar refractivity (Wildman–Crippen MR) is 82.0 cm³/mol. The van der Waals surface area contributed by atoms with Gasteiger partial charge < -0.3 is 9.47 Å². The van der Waals surface area contributed by atoms with Gasteiger partial charge in [0.15, 0.2) is 0 Å². The van der Waals surface area contributed by atoms with Gasteiger partial charge in [-0.2, -0.15) is 0 Å². The fourth-order valence-corrected chi connectivity index (χ4v) is 1.78. The fourth-order valence-electron chi connectivity index (χ4n) is 1.78. The summed E-state index contributed by atoms with van der Waals surface area (Å²) < 4.78 is 10.4. The zero-order valence-electron chi connectivity index (χ0n) is 11.8. The highest BCUT2D eigenvalue weighted by atomic mass is 16.5. The summed E-state index contributed by atoms with van der Waals surface area (Å²) in [6, 6.07) is 19.1. The Hall–Kier alpha value is -2.55. The summed E-state index contributed by atoms with van der Waals surface area (Å²) in [6.45, 7) is 0.812. The monoisotopic (exact) mass is 282 g/mol. The Balaban J connectivity index is 1.59.